The number of aliphatic hydroxyl groups excluding tert-OH is 1. The Morgan fingerprint density at radius 1 is 1.43 bits per heavy atom. The molecule has 0 spiro atoms. The van der Waals surface area contributed by atoms with Gasteiger partial charge in [0.1, 0.15) is 0 Å². The lowest BCUT2D eigenvalue weighted by Gasteiger charge is -2.32. The molecular formula is C9H14N2O3. The zero-order chi connectivity index (χ0) is 10.1. The summed E-state index contributed by atoms with van der Waals surface area (Å²) in [5, 5.41) is 14.3. The molecule has 2 fully saturated rings. The predicted molar refractivity (Wildman–Crippen MR) is 48.3 cm³/mol. The van der Waals surface area contributed by atoms with Gasteiger partial charge in [-0.2, -0.15) is 0 Å². The Hall–Kier alpha value is -0.940. The number of aliphatic hydroxyl groups is 1. The highest BCUT2D eigenvalue weighted by Gasteiger charge is 2.32. The van der Waals surface area contributed by atoms with E-state index in [1.165, 1.54) is 0 Å². The number of nitrogens with one attached hydrogen (secondary N) is 2. The van der Waals surface area contributed by atoms with Gasteiger partial charge >= 0.3 is 0 Å². The number of amides is 2. The van der Waals surface area contributed by atoms with Gasteiger partial charge in [-0.25, -0.2) is 0 Å². The van der Waals surface area contributed by atoms with E-state index in [-0.39, 0.29) is 30.4 Å². The van der Waals surface area contributed by atoms with Crippen molar-refractivity contribution in [3.8, 4) is 0 Å². The molecule has 1 saturated carbocycles. The van der Waals surface area contributed by atoms with E-state index in [9.17, 15) is 9.59 Å². The van der Waals surface area contributed by atoms with Crippen LogP contribution in [0.2, 0.25) is 0 Å². The Morgan fingerprint density at radius 2 is 2.14 bits per heavy atom. The van der Waals surface area contributed by atoms with Gasteiger partial charge in [-0.15, -0.1) is 0 Å². The number of hydrogen-bond acceptors (Lipinski definition) is 4. The third-order valence-corrected chi connectivity index (χ3v) is 2.83. The van der Waals surface area contributed by atoms with Gasteiger partial charge in [-0.1, -0.05) is 0 Å². The van der Waals surface area contributed by atoms with Gasteiger partial charge in [0.05, 0.1) is 18.6 Å². The molecule has 0 aromatic heterocycles. The maximum absolute atomic E-state index is 11.1. The highest BCUT2D eigenvalue weighted by molar-refractivity contribution is 6.05. The zero-order valence-electron chi connectivity index (χ0n) is 7.82. The first kappa shape index (κ1) is 9.61. The second-order valence-corrected chi connectivity index (χ2v) is 4.07. The molecule has 78 valence electrons. The van der Waals surface area contributed by atoms with Gasteiger partial charge in [0.25, 0.3) is 0 Å². The largest absolute Gasteiger partial charge is 0.393 e. The smallest absolute Gasteiger partial charge is 0.244 e. The summed E-state index contributed by atoms with van der Waals surface area (Å²) in [5.74, 6) is 0.0181. The van der Waals surface area contributed by atoms with E-state index in [2.05, 4.69) is 10.6 Å². The molecule has 14 heavy (non-hydrogen) atoms. The number of rotatable bonds is 3. The molecular weight excluding hydrogens is 184 g/mol. The summed E-state index contributed by atoms with van der Waals surface area (Å²) in [5.41, 5.74) is 0. The Labute approximate surface area is 81.9 Å². The van der Waals surface area contributed by atoms with Crippen molar-refractivity contribution in [3.05, 3.63) is 0 Å². The summed E-state index contributed by atoms with van der Waals surface area (Å²) in [6, 6.07) is -0.361. The van der Waals surface area contributed by atoms with E-state index in [1.54, 1.807) is 0 Å². The van der Waals surface area contributed by atoms with E-state index >= 15 is 0 Å². The molecule has 0 aromatic rings. The van der Waals surface area contributed by atoms with E-state index in [4.69, 9.17) is 5.11 Å². The van der Waals surface area contributed by atoms with Crippen molar-refractivity contribution in [3.63, 3.8) is 0 Å². The molecule has 1 atom stereocenters. The zero-order valence-corrected chi connectivity index (χ0v) is 7.82. The third-order valence-electron chi connectivity index (χ3n) is 2.83. The minimum atomic E-state index is -0.361. The molecule has 1 saturated heterocycles. The summed E-state index contributed by atoms with van der Waals surface area (Å²) in [4.78, 5) is 22.0. The average Bonchev–Trinajstić information content (AvgIpc) is 2.37. The molecule has 1 heterocycles. The van der Waals surface area contributed by atoms with E-state index < -0.39 is 0 Å². The van der Waals surface area contributed by atoms with Crippen molar-refractivity contribution in [1.29, 1.82) is 0 Å². The summed E-state index contributed by atoms with van der Waals surface area (Å²) in [7, 11) is 0. The van der Waals surface area contributed by atoms with Gasteiger partial charge < -0.3 is 10.4 Å². The Kier molecular flexibility index (Phi) is 2.52. The normalized spacial score (nSPS) is 36.8. The number of carbonyl (C=O) groups is 2. The van der Waals surface area contributed by atoms with Gasteiger partial charge in [-0.3, -0.25) is 14.9 Å². The molecule has 1 aliphatic carbocycles. The molecule has 2 rings (SSSR count). The lowest BCUT2D eigenvalue weighted by atomic mass is 9.82. The maximum Gasteiger partial charge on any atom is 0.244 e. The van der Waals surface area contributed by atoms with Crippen LogP contribution in [0, 0.1) is 5.92 Å². The van der Waals surface area contributed by atoms with Crippen LogP contribution >= 0.6 is 0 Å². The Morgan fingerprint density at radius 3 is 2.64 bits per heavy atom. The summed E-state index contributed by atoms with van der Waals surface area (Å²) < 4.78 is 0. The van der Waals surface area contributed by atoms with E-state index in [1.807, 2.05) is 0 Å². The summed E-state index contributed by atoms with van der Waals surface area (Å²) in [6.45, 7) is 0.711. The Bertz CT molecular complexity index is 261. The van der Waals surface area contributed by atoms with Crippen molar-refractivity contribution in [2.45, 2.75) is 31.4 Å². The first-order chi connectivity index (χ1) is 6.65. The van der Waals surface area contributed by atoms with Crippen molar-refractivity contribution in [1.82, 2.24) is 10.6 Å². The minimum Gasteiger partial charge on any atom is -0.393 e. The van der Waals surface area contributed by atoms with Crippen LogP contribution < -0.4 is 10.6 Å². The van der Waals surface area contributed by atoms with Crippen LogP contribution in [0.5, 0.6) is 0 Å². The molecule has 3 N–H and O–H groups in total. The van der Waals surface area contributed by atoms with Crippen molar-refractivity contribution < 1.29 is 14.7 Å². The standard InChI is InChI=1S/C9H14N2O3/c12-6-1-5(2-6)4-10-7-3-8(13)11-9(7)14/h5-7,10,12H,1-4H2,(H,11,13,14). The van der Waals surface area contributed by atoms with Crippen molar-refractivity contribution >= 4 is 11.8 Å². The molecule has 5 heteroatoms. The molecule has 0 aromatic carbocycles. The van der Waals surface area contributed by atoms with Crippen LogP contribution in [-0.2, 0) is 9.59 Å². The molecule has 1 unspecified atom stereocenters. The highest BCUT2D eigenvalue weighted by atomic mass is 16.3. The lowest BCUT2D eigenvalue weighted by molar-refractivity contribution is -0.125. The lowest BCUT2D eigenvalue weighted by Crippen LogP contribution is -2.43. The first-order valence-corrected chi connectivity index (χ1v) is 4.90. The highest BCUT2D eigenvalue weighted by Crippen LogP contribution is 2.26. The molecule has 1 aliphatic heterocycles. The fourth-order valence-corrected chi connectivity index (χ4v) is 1.89. The van der Waals surface area contributed by atoms with Crippen molar-refractivity contribution in [2.75, 3.05) is 6.54 Å². The second kappa shape index (κ2) is 3.67. The summed E-state index contributed by atoms with van der Waals surface area (Å²) >= 11 is 0. The second-order valence-electron chi connectivity index (χ2n) is 4.07. The van der Waals surface area contributed by atoms with Gasteiger partial charge in [0.2, 0.25) is 11.8 Å². The van der Waals surface area contributed by atoms with Crippen LogP contribution in [0.1, 0.15) is 19.3 Å². The molecule has 0 bridgehead atoms. The topological polar surface area (TPSA) is 78.4 Å². The first-order valence-electron chi connectivity index (χ1n) is 4.90. The van der Waals surface area contributed by atoms with Crippen LogP contribution in [0.25, 0.3) is 0 Å². The Balaban J connectivity index is 1.70. The van der Waals surface area contributed by atoms with Crippen LogP contribution in [0.3, 0.4) is 0 Å². The third kappa shape index (κ3) is 1.93. The van der Waals surface area contributed by atoms with Gasteiger partial charge in [0, 0.05) is 0 Å². The summed E-state index contributed by atoms with van der Waals surface area (Å²) in [6.07, 6.45) is 1.68. The van der Waals surface area contributed by atoms with E-state index in [0.29, 0.717) is 12.5 Å². The number of hydrogen-bond donors (Lipinski definition) is 3. The van der Waals surface area contributed by atoms with Crippen molar-refractivity contribution in [2.24, 2.45) is 5.92 Å². The molecule has 0 radical (unpaired) electrons. The van der Waals surface area contributed by atoms with Gasteiger partial charge in [-0.05, 0) is 25.3 Å². The van der Waals surface area contributed by atoms with Crippen LogP contribution in [0.15, 0.2) is 0 Å². The number of imide groups is 1. The van der Waals surface area contributed by atoms with Gasteiger partial charge in [0.15, 0.2) is 0 Å². The maximum atomic E-state index is 11.1. The van der Waals surface area contributed by atoms with Crippen LogP contribution in [-0.4, -0.2) is 35.6 Å². The fraction of sp³-hybridized carbons (Fsp3) is 0.778. The fourth-order valence-electron chi connectivity index (χ4n) is 1.89. The SMILES string of the molecule is O=C1CC(NCC2CC(O)C2)C(=O)N1. The minimum absolute atomic E-state index is 0.166. The predicted octanol–water partition coefficient (Wildman–Crippen LogP) is -1.24. The average molecular weight is 198 g/mol. The monoisotopic (exact) mass is 198 g/mol. The molecule has 2 amide bonds. The number of carbonyl (C=O) groups excluding carboxylic acids is 2. The molecule has 5 nitrogen and oxygen atoms in total. The quantitative estimate of drug-likeness (QED) is 0.496. The van der Waals surface area contributed by atoms with Crippen LogP contribution in [0.4, 0.5) is 0 Å². The van der Waals surface area contributed by atoms with E-state index in [0.717, 1.165) is 12.8 Å². The molecule has 2 aliphatic rings.